The molecule has 0 spiro atoms. The van der Waals surface area contributed by atoms with Gasteiger partial charge in [0.1, 0.15) is 18.2 Å². The number of hydrogen-bond donors (Lipinski definition) is 1. The van der Waals surface area contributed by atoms with Crippen LogP contribution in [0.4, 0.5) is 14.5 Å². The van der Waals surface area contributed by atoms with Crippen molar-refractivity contribution in [1.29, 1.82) is 0 Å². The fourth-order valence-electron chi connectivity index (χ4n) is 2.77. The number of piperazine rings is 1. The van der Waals surface area contributed by atoms with E-state index >= 15 is 0 Å². The van der Waals surface area contributed by atoms with Crippen LogP contribution in [-0.2, 0) is 20.9 Å². The number of carbonyl (C=O) groups excluding carboxylic acids is 3. The zero-order chi connectivity index (χ0) is 19.4. The summed E-state index contributed by atoms with van der Waals surface area (Å²) in [7, 11) is 0. The van der Waals surface area contributed by atoms with E-state index < -0.39 is 23.5 Å². The topological polar surface area (TPSA) is 69.7 Å². The van der Waals surface area contributed by atoms with Crippen LogP contribution in [-0.4, -0.2) is 47.2 Å². The monoisotopic (exact) mass is 373 g/mol. The van der Waals surface area contributed by atoms with Crippen molar-refractivity contribution in [2.45, 2.75) is 6.54 Å². The van der Waals surface area contributed by atoms with Gasteiger partial charge < -0.3 is 15.1 Å². The summed E-state index contributed by atoms with van der Waals surface area (Å²) in [5.41, 5.74) is 0.976. The second-order valence-electron chi connectivity index (χ2n) is 6.14. The van der Waals surface area contributed by atoms with Gasteiger partial charge in [-0.25, -0.2) is 8.78 Å². The van der Waals surface area contributed by atoms with Crippen LogP contribution < -0.4 is 5.32 Å². The Morgan fingerprint density at radius 3 is 2.30 bits per heavy atom. The molecular formula is C19H17F2N3O3. The third-order valence-corrected chi connectivity index (χ3v) is 4.13. The highest BCUT2D eigenvalue weighted by atomic mass is 19.1. The van der Waals surface area contributed by atoms with Crippen LogP contribution in [0.2, 0.25) is 0 Å². The number of anilines is 1. The van der Waals surface area contributed by atoms with Gasteiger partial charge in [-0.2, -0.15) is 0 Å². The maximum atomic E-state index is 13.1. The van der Waals surface area contributed by atoms with Crippen molar-refractivity contribution >= 4 is 23.4 Å². The Hall–Kier alpha value is -3.29. The summed E-state index contributed by atoms with van der Waals surface area (Å²) < 4.78 is 26.1. The van der Waals surface area contributed by atoms with Gasteiger partial charge in [0.05, 0.1) is 0 Å². The Morgan fingerprint density at radius 2 is 1.59 bits per heavy atom. The highest BCUT2D eigenvalue weighted by Gasteiger charge is 2.33. The molecule has 1 heterocycles. The van der Waals surface area contributed by atoms with Crippen LogP contribution in [0.15, 0.2) is 48.5 Å². The molecule has 1 aliphatic heterocycles. The summed E-state index contributed by atoms with van der Waals surface area (Å²) in [5.74, 6) is -2.89. The standard InChI is InChI=1S/C19H17F2N3O3/c20-14-6-4-13(5-7-14)11-23-8-9-24(19(27)18(23)26)12-17(25)22-16-3-1-2-15(21)10-16/h1-7,10H,8-9,11-12H2,(H,22,25). The number of benzene rings is 2. The molecule has 0 saturated carbocycles. The highest BCUT2D eigenvalue weighted by molar-refractivity contribution is 6.35. The fraction of sp³-hybridized carbons (Fsp3) is 0.211. The van der Waals surface area contributed by atoms with Gasteiger partial charge in [-0.1, -0.05) is 18.2 Å². The molecule has 0 radical (unpaired) electrons. The van der Waals surface area contributed by atoms with Crippen LogP contribution in [0.3, 0.4) is 0 Å². The van der Waals surface area contributed by atoms with Crippen LogP contribution in [0.25, 0.3) is 0 Å². The number of carbonyl (C=O) groups is 3. The molecule has 1 N–H and O–H groups in total. The molecule has 0 bridgehead atoms. The number of nitrogens with zero attached hydrogens (tertiary/aromatic N) is 2. The van der Waals surface area contributed by atoms with Crippen molar-refractivity contribution in [3.05, 3.63) is 65.7 Å². The van der Waals surface area contributed by atoms with Gasteiger partial charge in [0.15, 0.2) is 0 Å². The molecule has 1 fully saturated rings. The number of amides is 3. The molecule has 0 atom stereocenters. The van der Waals surface area contributed by atoms with Crippen molar-refractivity contribution in [1.82, 2.24) is 9.80 Å². The Bertz CT molecular complexity index is 871. The lowest BCUT2D eigenvalue weighted by molar-refractivity contribution is -0.157. The molecule has 2 aromatic rings. The fourth-order valence-corrected chi connectivity index (χ4v) is 2.77. The Labute approximate surface area is 154 Å². The van der Waals surface area contributed by atoms with Gasteiger partial charge in [0.2, 0.25) is 5.91 Å². The second-order valence-corrected chi connectivity index (χ2v) is 6.14. The molecule has 8 heteroatoms. The summed E-state index contributed by atoms with van der Waals surface area (Å²) in [6.45, 7) is 0.344. The molecule has 140 valence electrons. The van der Waals surface area contributed by atoms with E-state index in [2.05, 4.69) is 5.32 Å². The first-order valence-electron chi connectivity index (χ1n) is 8.30. The summed E-state index contributed by atoms with van der Waals surface area (Å²) in [5, 5.41) is 2.49. The first-order chi connectivity index (χ1) is 12.9. The average Bonchev–Trinajstić information content (AvgIpc) is 2.63. The van der Waals surface area contributed by atoms with Crippen molar-refractivity contribution in [2.75, 3.05) is 25.0 Å². The summed E-state index contributed by atoms with van der Waals surface area (Å²) in [6, 6.07) is 11.0. The van der Waals surface area contributed by atoms with E-state index in [0.717, 1.165) is 11.0 Å². The first kappa shape index (κ1) is 18.5. The number of rotatable bonds is 5. The molecular weight excluding hydrogens is 356 g/mol. The molecule has 2 aromatic carbocycles. The maximum Gasteiger partial charge on any atom is 0.312 e. The lowest BCUT2D eigenvalue weighted by Crippen LogP contribution is -2.55. The maximum absolute atomic E-state index is 13.1. The van der Waals surface area contributed by atoms with Crippen molar-refractivity contribution in [2.24, 2.45) is 0 Å². The third kappa shape index (κ3) is 4.66. The lowest BCUT2D eigenvalue weighted by Gasteiger charge is -2.33. The summed E-state index contributed by atoms with van der Waals surface area (Å²) >= 11 is 0. The highest BCUT2D eigenvalue weighted by Crippen LogP contribution is 2.13. The van der Waals surface area contributed by atoms with Crippen molar-refractivity contribution in [3.63, 3.8) is 0 Å². The molecule has 0 unspecified atom stereocenters. The zero-order valence-electron chi connectivity index (χ0n) is 14.3. The SMILES string of the molecule is O=C(CN1CCN(Cc2ccc(F)cc2)C(=O)C1=O)Nc1cccc(F)c1. The molecule has 1 saturated heterocycles. The van der Waals surface area contributed by atoms with E-state index in [-0.39, 0.29) is 37.7 Å². The number of nitrogens with one attached hydrogen (secondary N) is 1. The number of hydrogen-bond acceptors (Lipinski definition) is 3. The molecule has 3 amide bonds. The van der Waals surface area contributed by atoms with E-state index in [4.69, 9.17) is 0 Å². The molecule has 0 aromatic heterocycles. The first-order valence-corrected chi connectivity index (χ1v) is 8.30. The average molecular weight is 373 g/mol. The van der Waals surface area contributed by atoms with Crippen LogP contribution in [0, 0.1) is 11.6 Å². The zero-order valence-corrected chi connectivity index (χ0v) is 14.3. The van der Waals surface area contributed by atoms with E-state index in [1.54, 1.807) is 12.1 Å². The minimum absolute atomic E-state index is 0.189. The van der Waals surface area contributed by atoms with E-state index in [0.29, 0.717) is 5.56 Å². The van der Waals surface area contributed by atoms with Gasteiger partial charge in [-0.3, -0.25) is 14.4 Å². The quantitative estimate of drug-likeness (QED) is 0.813. The third-order valence-electron chi connectivity index (χ3n) is 4.13. The molecule has 3 rings (SSSR count). The van der Waals surface area contributed by atoms with Crippen LogP contribution in [0.1, 0.15) is 5.56 Å². The molecule has 1 aliphatic rings. The van der Waals surface area contributed by atoms with Crippen molar-refractivity contribution in [3.8, 4) is 0 Å². The molecule has 0 aliphatic carbocycles. The Kier molecular flexibility index (Phi) is 5.44. The van der Waals surface area contributed by atoms with E-state index in [1.807, 2.05) is 0 Å². The largest absolute Gasteiger partial charge is 0.328 e. The minimum atomic E-state index is -0.780. The predicted molar refractivity (Wildman–Crippen MR) is 93.4 cm³/mol. The summed E-state index contributed by atoms with van der Waals surface area (Å²) in [6.07, 6.45) is 0. The Morgan fingerprint density at radius 1 is 0.926 bits per heavy atom. The second kappa shape index (κ2) is 7.94. The van der Waals surface area contributed by atoms with Gasteiger partial charge in [0.25, 0.3) is 0 Å². The Balaban J connectivity index is 1.56. The smallest absolute Gasteiger partial charge is 0.312 e. The van der Waals surface area contributed by atoms with Gasteiger partial charge in [0, 0.05) is 25.3 Å². The molecule has 27 heavy (non-hydrogen) atoms. The van der Waals surface area contributed by atoms with Crippen molar-refractivity contribution < 1.29 is 23.2 Å². The van der Waals surface area contributed by atoms with E-state index in [9.17, 15) is 23.2 Å². The van der Waals surface area contributed by atoms with E-state index in [1.165, 1.54) is 35.2 Å². The van der Waals surface area contributed by atoms with Gasteiger partial charge >= 0.3 is 11.8 Å². The number of halogens is 2. The minimum Gasteiger partial charge on any atom is -0.328 e. The van der Waals surface area contributed by atoms with Crippen LogP contribution >= 0.6 is 0 Å². The lowest BCUT2D eigenvalue weighted by atomic mass is 10.2. The summed E-state index contributed by atoms with van der Waals surface area (Å²) in [4.78, 5) is 39.1. The molecule has 6 nitrogen and oxygen atoms in total. The van der Waals surface area contributed by atoms with Gasteiger partial charge in [-0.15, -0.1) is 0 Å². The van der Waals surface area contributed by atoms with Gasteiger partial charge in [-0.05, 0) is 35.9 Å². The van der Waals surface area contributed by atoms with Crippen LogP contribution in [0.5, 0.6) is 0 Å². The predicted octanol–water partition coefficient (Wildman–Crippen LogP) is 1.77. The normalized spacial score (nSPS) is 14.4.